The smallest absolute Gasteiger partial charge is 0.335 e. The van der Waals surface area contributed by atoms with Crippen molar-refractivity contribution in [1.29, 1.82) is 0 Å². The summed E-state index contributed by atoms with van der Waals surface area (Å²) >= 11 is 0. The molecular formula is C15H18N2O4. The molecule has 2 rings (SSSR count). The van der Waals surface area contributed by atoms with Gasteiger partial charge in [-0.1, -0.05) is 13.8 Å². The number of benzene rings is 1. The molecule has 0 radical (unpaired) electrons. The van der Waals surface area contributed by atoms with Crippen LogP contribution in [-0.2, 0) is 11.2 Å². The maximum atomic E-state index is 11.3. The summed E-state index contributed by atoms with van der Waals surface area (Å²) in [6.45, 7) is 3.77. The molecule has 0 unspecified atom stereocenters. The number of aliphatic carboxylic acids is 1. The predicted octanol–water partition coefficient (Wildman–Crippen LogP) is 1.86. The van der Waals surface area contributed by atoms with Crippen molar-refractivity contribution in [2.24, 2.45) is 0 Å². The molecule has 0 fully saturated rings. The molecule has 6 nitrogen and oxygen atoms in total. The predicted molar refractivity (Wildman–Crippen MR) is 78.7 cm³/mol. The highest BCUT2D eigenvalue weighted by Crippen LogP contribution is 2.21. The highest BCUT2D eigenvalue weighted by molar-refractivity contribution is 5.94. The lowest BCUT2D eigenvalue weighted by atomic mass is 10.0. The molecule has 2 aromatic rings. The Morgan fingerprint density at radius 2 is 2.00 bits per heavy atom. The highest BCUT2D eigenvalue weighted by atomic mass is 16.4. The van der Waals surface area contributed by atoms with Crippen molar-refractivity contribution < 1.29 is 19.8 Å². The number of rotatable bonds is 6. The van der Waals surface area contributed by atoms with E-state index in [1.165, 1.54) is 6.07 Å². The van der Waals surface area contributed by atoms with Crippen molar-refractivity contribution in [2.75, 3.05) is 0 Å². The van der Waals surface area contributed by atoms with Gasteiger partial charge in [-0.3, -0.25) is 4.79 Å². The van der Waals surface area contributed by atoms with Crippen molar-refractivity contribution in [3.8, 4) is 0 Å². The molecule has 1 heterocycles. The minimum atomic E-state index is -1.00. The van der Waals surface area contributed by atoms with Crippen LogP contribution in [-0.4, -0.2) is 39.2 Å². The van der Waals surface area contributed by atoms with Gasteiger partial charge in [-0.25, -0.2) is 4.79 Å². The Kier molecular flexibility index (Phi) is 4.28. The number of aromatic nitrogens is 1. The fourth-order valence-corrected chi connectivity index (χ4v) is 2.32. The van der Waals surface area contributed by atoms with Crippen LogP contribution in [0.4, 0.5) is 0 Å². The van der Waals surface area contributed by atoms with Crippen LogP contribution in [0.2, 0.25) is 0 Å². The molecule has 0 aliphatic carbocycles. The highest BCUT2D eigenvalue weighted by Gasteiger charge is 2.20. The van der Waals surface area contributed by atoms with Gasteiger partial charge < -0.3 is 20.5 Å². The second-order valence-corrected chi connectivity index (χ2v) is 5.30. The van der Waals surface area contributed by atoms with Crippen LogP contribution in [0.15, 0.2) is 24.4 Å². The summed E-state index contributed by atoms with van der Waals surface area (Å²) in [4.78, 5) is 25.4. The van der Waals surface area contributed by atoms with Crippen molar-refractivity contribution >= 4 is 22.8 Å². The van der Waals surface area contributed by atoms with Gasteiger partial charge in [0.05, 0.1) is 5.56 Å². The number of hydrogen-bond donors (Lipinski definition) is 4. The van der Waals surface area contributed by atoms with E-state index in [-0.39, 0.29) is 18.0 Å². The summed E-state index contributed by atoms with van der Waals surface area (Å²) in [5.41, 5.74) is 1.77. The molecule has 1 atom stereocenters. The normalized spacial score (nSPS) is 12.7. The number of nitrogens with one attached hydrogen (secondary N) is 2. The van der Waals surface area contributed by atoms with Crippen molar-refractivity contribution in [3.05, 3.63) is 35.5 Å². The van der Waals surface area contributed by atoms with Gasteiger partial charge in [-0.05, 0) is 23.8 Å². The maximum absolute atomic E-state index is 11.3. The van der Waals surface area contributed by atoms with E-state index < -0.39 is 18.0 Å². The molecule has 112 valence electrons. The topological polar surface area (TPSA) is 102 Å². The van der Waals surface area contributed by atoms with Gasteiger partial charge >= 0.3 is 11.9 Å². The van der Waals surface area contributed by atoms with E-state index in [0.29, 0.717) is 0 Å². The average molecular weight is 290 g/mol. The monoisotopic (exact) mass is 290 g/mol. The van der Waals surface area contributed by atoms with Gasteiger partial charge in [0.1, 0.15) is 6.04 Å². The van der Waals surface area contributed by atoms with Gasteiger partial charge in [0.15, 0.2) is 0 Å². The average Bonchev–Trinajstić information content (AvgIpc) is 2.79. The van der Waals surface area contributed by atoms with Gasteiger partial charge in [0.2, 0.25) is 0 Å². The lowest BCUT2D eigenvalue weighted by Gasteiger charge is -2.16. The zero-order valence-electron chi connectivity index (χ0n) is 11.9. The summed E-state index contributed by atoms with van der Waals surface area (Å²) in [7, 11) is 0. The SMILES string of the molecule is CC(C)N[C@@H](Cc1c[nH]c2ccc(C(=O)O)cc12)C(=O)O. The fourth-order valence-electron chi connectivity index (χ4n) is 2.32. The second-order valence-electron chi connectivity index (χ2n) is 5.30. The molecule has 0 aliphatic heterocycles. The van der Waals surface area contributed by atoms with E-state index in [9.17, 15) is 14.7 Å². The number of carboxylic acid groups (broad SMARTS) is 2. The third-order valence-electron chi connectivity index (χ3n) is 3.27. The lowest BCUT2D eigenvalue weighted by molar-refractivity contribution is -0.139. The molecule has 4 N–H and O–H groups in total. The number of fused-ring (bicyclic) bond motifs is 1. The van der Waals surface area contributed by atoms with E-state index in [1.807, 2.05) is 13.8 Å². The first-order chi connectivity index (χ1) is 9.88. The van der Waals surface area contributed by atoms with Gasteiger partial charge in [-0.2, -0.15) is 0 Å². The van der Waals surface area contributed by atoms with Gasteiger partial charge in [0, 0.05) is 29.6 Å². The van der Waals surface area contributed by atoms with Crippen LogP contribution in [0, 0.1) is 0 Å². The maximum Gasteiger partial charge on any atom is 0.335 e. The van der Waals surface area contributed by atoms with Crippen LogP contribution in [0.5, 0.6) is 0 Å². The van der Waals surface area contributed by atoms with Crippen LogP contribution in [0.3, 0.4) is 0 Å². The Morgan fingerprint density at radius 3 is 2.57 bits per heavy atom. The molecular weight excluding hydrogens is 272 g/mol. The van der Waals surface area contributed by atoms with Crippen LogP contribution in [0.1, 0.15) is 29.8 Å². The van der Waals surface area contributed by atoms with Gasteiger partial charge in [-0.15, -0.1) is 0 Å². The van der Waals surface area contributed by atoms with Gasteiger partial charge in [0.25, 0.3) is 0 Å². The first-order valence-electron chi connectivity index (χ1n) is 6.70. The zero-order valence-corrected chi connectivity index (χ0v) is 11.9. The van der Waals surface area contributed by atoms with E-state index in [4.69, 9.17) is 5.11 Å². The third-order valence-corrected chi connectivity index (χ3v) is 3.27. The molecule has 21 heavy (non-hydrogen) atoms. The molecule has 0 aliphatic rings. The minimum Gasteiger partial charge on any atom is -0.480 e. The van der Waals surface area contributed by atoms with Crippen LogP contribution < -0.4 is 5.32 Å². The quantitative estimate of drug-likeness (QED) is 0.650. The third kappa shape index (κ3) is 3.41. The number of hydrogen-bond acceptors (Lipinski definition) is 3. The Labute approximate surface area is 121 Å². The molecule has 0 bridgehead atoms. The summed E-state index contributed by atoms with van der Waals surface area (Å²) in [5.74, 6) is -1.92. The second kappa shape index (κ2) is 5.97. The number of carboxylic acids is 2. The van der Waals surface area contributed by atoms with E-state index in [2.05, 4.69) is 10.3 Å². The Hall–Kier alpha value is -2.34. The lowest BCUT2D eigenvalue weighted by Crippen LogP contribution is -2.42. The number of carbonyl (C=O) groups is 2. The number of aromatic carboxylic acids is 1. The molecule has 0 saturated carbocycles. The summed E-state index contributed by atoms with van der Waals surface area (Å²) in [6, 6.07) is 4.11. The summed E-state index contributed by atoms with van der Waals surface area (Å²) in [5, 5.41) is 22.0. The van der Waals surface area contributed by atoms with Crippen molar-refractivity contribution in [1.82, 2.24) is 10.3 Å². The molecule has 6 heteroatoms. The molecule has 1 aromatic carbocycles. The minimum absolute atomic E-state index is 0.0471. The number of aromatic amines is 1. The molecule has 0 spiro atoms. The largest absolute Gasteiger partial charge is 0.480 e. The van der Waals surface area contributed by atoms with Crippen LogP contribution >= 0.6 is 0 Å². The Morgan fingerprint density at radius 1 is 1.29 bits per heavy atom. The van der Waals surface area contributed by atoms with E-state index in [0.717, 1.165) is 16.5 Å². The summed E-state index contributed by atoms with van der Waals surface area (Å²) < 4.78 is 0. The molecule has 0 amide bonds. The Balaban J connectivity index is 2.34. The molecule has 1 aromatic heterocycles. The first-order valence-corrected chi connectivity index (χ1v) is 6.70. The standard InChI is InChI=1S/C15H18N2O4/c1-8(2)17-13(15(20)21)6-10-7-16-12-4-3-9(14(18)19)5-11(10)12/h3-5,7-8,13,16-17H,6H2,1-2H3,(H,18,19)(H,20,21)/t13-/m0/s1. The zero-order chi connectivity index (χ0) is 15.6. The van der Waals surface area contributed by atoms with E-state index >= 15 is 0 Å². The van der Waals surface area contributed by atoms with E-state index in [1.54, 1.807) is 18.3 Å². The fraction of sp³-hybridized carbons (Fsp3) is 0.333. The first kappa shape index (κ1) is 15.1. The summed E-state index contributed by atoms with van der Waals surface area (Å²) in [6.07, 6.45) is 2.02. The Bertz CT molecular complexity index is 675. The van der Waals surface area contributed by atoms with Crippen molar-refractivity contribution in [3.63, 3.8) is 0 Å². The van der Waals surface area contributed by atoms with Crippen molar-refractivity contribution in [2.45, 2.75) is 32.4 Å². The van der Waals surface area contributed by atoms with Crippen LogP contribution in [0.25, 0.3) is 10.9 Å². The number of H-pyrrole nitrogens is 1. The molecule has 0 saturated heterocycles.